The molecule has 0 spiro atoms. The fraction of sp³-hybridized carbons (Fsp3) is 0.500. The van der Waals surface area contributed by atoms with Gasteiger partial charge < -0.3 is 9.73 Å². The summed E-state index contributed by atoms with van der Waals surface area (Å²) in [6.45, 7) is 0. The molecule has 4 heteroatoms. The average Bonchev–Trinajstić information content (AvgIpc) is 3.09. The molecule has 0 radical (unpaired) electrons. The Bertz CT molecular complexity index is 577. The summed E-state index contributed by atoms with van der Waals surface area (Å²) in [4.78, 5) is 0. The number of fused-ring (bicyclic) bond motifs is 1. The maximum Gasteiger partial charge on any atom is 0.152 e. The summed E-state index contributed by atoms with van der Waals surface area (Å²) in [5.41, 5.74) is 0.801. The number of para-hydroxylation sites is 1. The number of nitrogens with one attached hydrogen (secondary N) is 1. The zero-order valence-corrected chi connectivity index (χ0v) is 13.3. The summed E-state index contributed by atoms with van der Waals surface area (Å²) in [5, 5.41) is 5.97. The van der Waals surface area contributed by atoms with Crippen LogP contribution in [0.3, 0.4) is 0 Å². The van der Waals surface area contributed by atoms with Crippen LogP contribution in [0.5, 0.6) is 0 Å². The van der Waals surface area contributed by atoms with Gasteiger partial charge in [0.25, 0.3) is 0 Å². The molecule has 1 unspecified atom stereocenters. The predicted octanol–water partition coefficient (Wildman–Crippen LogP) is 5.02. The lowest BCUT2D eigenvalue weighted by atomic mass is 10.2. The van der Waals surface area contributed by atoms with E-state index in [1.54, 1.807) is 0 Å². The molecule has 0 bridgehead atoms. The second-order valence-electron chi connectivity index (χ2n) is 5.39. The van der Waals surface area contributed by atoms with Crippen molar-refractivity contribution in [3.63, 3.8) is 0 Å². The van der Waals surface area contributed by atoms with Gasteiger partial charge in [0.15, 0.2) is 5.58 Å². The van der Waals surface area contributed by atoms with Gasteiger partial charge in [0, 0.05) is 16.4 Å². The van der Waals surface area contributed by atoms with Crippen LogP contribution in [-0.4, -0.2) is 18.1 Å². The number of hydrogen-bond acceptors (Lipinski definition) is 3. The number of halogens is 1. The summed E-state index contributed by atoms with van der Waals surface area (Å²) in [6, 6.07) is 8.25. The molecule has 108 valence electrons. The molecule has 1 aliphatic carbocycles. The van der Waals surface area contributed by atoms with E-state index in [4.69, 9.17) is 16.0 Å². The van der Waals surface area contributed by atoms with E-state index in [0.717, 1.165) is 27.7 Å². The lowest BCUT2D eigenvalue weighted by Gasteiger charge is -2.16. The highest BCUT2D eigenvalue weighted by atomic mass is 35.5. The summed E-state index contributed by atoms with van der Waals surface area (Å²) in [7, 11) is 1.99. The van der Waals surface area contributed by atoms with Gasteiger partial charge in [-0.2, -0.15) is 11.8 Å². The normalized spacial score (nSPS) is 17.9. The van der Waals surface area contributed by atoms with Crippen molar-refractivity contribution in [3.05, 3.63) is 35.0 Å². The number of furan rings is 1. The Morgan fingerprint density at radius 2 is 2.20 bits per heavy atom. The molecule has 3 rings (SSSR count). The van der Waals surface area contributed by atoms with Crippen molar-refractivity contribution in [1.29, 1.82) is 0 Å². The van der Waals surface area contributed by atoms with Crippen molar-refractivity contribution < 1.29 is 4.42 Å². The summed E-state index contributed by atoms with van der Waals surface area (Å²) >= 11 is 8.25. The van der Waals surface area contributed by atoms with Crippen LogP contribution in [0.4, 0.5) is 0 Å². The van der Waals surface area contributed by atoms with E-state index >= 15 is 0 Å². The first-order chi connectivity index (χ1) is 9.78. The average molecular weight is 310 g/mol. The first-order valence-electron chi connectivity index (χ1n) is 7.25. The van der Waals surface area contributed by atoms with Gasteiger partial charge in [-0.3, -0.25) is 0 Å². The van der Waals surface area contributed by atoms with E-state index in [2.05, 4.69) is 23.1 Å². The van der Waals surface area contributed by atoms with Gasteiger partial charge in [0.2, 0.25) is 0 Å². The Hall–Kier alpha value is -0.640. The monoisotopic (exact) mass is 309 g/mol. The molecule has 2 aromatic rings. The van der Waals surface area contributed by atoms with E-state index in [0.29, 0.717) is 5.02 Å². The molecule has 0 saturated heterocycles. The molecule has 1 aromatic carbocycles. The Morgan fingerprint density at radius 1 is 1.40 bits per heavy atom. The highest BCUT2D eigenvalue weighted by Crippen LogP contribution is 2.34. The van der Waals surface area contributed by atoms with Gasteiger partial charge >= 0.3 is 0 Å². The quantitative estimate of drug-likeness (QED) is 0.839. The molecule has 1 aromatic heterocycles. The largest absolute Gasteiger partial charge is 0.458 e. The van der Waals surface area contributed by atoms with E-state index in [-0.39, 0.29) is 6.04 Å². The van der Waals surface area contributed by atoms with Crippen molar-refractivity contribution in [2.75, 3.05) is 12.8 Å². The third-order valence-corrected chi connectivity index (χ3v) is 5.77. The SMILES string of the molecule is CNC(CSC1CCCC1)c1cc2cccc(Cl)c2o1. The molecule has 2 nitrogen and oxygen atoms in total. The standard InChI is InChI=1S/C16H20ClNOS/c1-18-14(10-20-12-6-2-3-7-12)15-9-11-5-4-8-13(17)16(11)19-15/h4-5,8-9,12,14,18H,2-3,6-7,10H2,1H3. The molecule has 1 N–H and O–H groups in total. The van der Waals surface area contributed by atoms with Crippen molar-refractivity contribution in [3.8, 4) is 0 Å². The third-order valence-electron chi connectivity index (χ3n) is 4.01. The second kappa shape index (κ2) is 6.42. The zero-order chi connectivity index (χ0) is 13.9. The van der Waals surface area contributed by atoms with Crippen molar-refractivity contribution in [1.82, 2.24) is 5.32 Å². The van der Waals surface area contributed by atoms with Crippen LogP contribution in [0.15, 0.2) is 28.7 Å². The number of rotatable bonds is 5. The van der Waals surface area contributed by atoms with Crippen LogP contribution in [0.2, 0.25) is 5.02 Å². The fourth-order valence-corrected chi connectivity index (χ4v) is 4.50. The second-order valence-corrected chi connectivity index (χ2v) is 7.13. The Morgan fingerprint density at radius 3 is 2.90 bits per heavy atom. The van der Waals surface area contributed by atoms with Crippen molar-refractivity contribution in [2.24, 2.45) is 0 Å². The van der Waals surface area contributed by atoms with Crippen LogP contribution in [0, 0.1) is 0 Å². The predicted molar refractivity (Wildman–Crippen MR) is 87.7 cm³/mol. The van der Waals surface area contributed by atoms with Gasteiger partial charge in [0.05, 0.1) is 11.1 Å². The maximum atomic E-state index is 6.18. The lowest BCUT2D eigenvalue weighted by Crippen LogP contribution is -2.19. The fourth-order valence-electron chi connectivity index (χ4n) is 2.81. The Kier molecular flexibility index (Phi) is 4.59. The van der Waals surface area contributed by atoms with Gasteiger partial charge in [-0.05, 0) is 32.0 Å². The zero-order valence-electron chi connectivity index (χ0n) is 11.7. The molecule has 1 aliphatic rings. The van der Waals surface area contributed by atoms with Crippen LogP contribution < -0.4 is 5.32 Å². The summed E-state index contributed by atoms with van der Waals surface area (Å²) in [6.07, 6.45) is 5.52. The minimum Gasteiger partial charge on any atom is -0.458 e. The first kappa shape index (κ1) is 14.3. The highest BCUT2D eigenvalue weighted by molar-refractivity contribution is 7.99. The first-order valence-corrected chi connectivity index (χ1v) is 8.67. The molecule has 1 saturated carbocycles. The maximum absolute atomic E-state index is 6.18. The topological polar surface area (TPSA) is 25.2 Å². The van der Waals surface area contributed by atoms with Gasteiger partial charge in [-0.15, -0.1) is 0 Å². The van der Waals surface area contributed by atoms with Gasteiger partial charge in [-0.1, -0.05) is 36.6 Å². The molecular formula is C16H20ClNOS. The van der Waals surface area contributed by atoms with E-state index in [9.17, 15) is 0 Å². The minimum atomic E-state index is 0.254. The highest BCUT2D eigenvalue weighted by Gasteiger charge is 2.20. The molecule has 1 heterocycles. The van der Waals surface area contributed by atoms with E-state index < -0.39 is 0 Å². The Labute approximate surface area is 129 Å². The molecule has 0 aliphatic heterocycles. The van der Waals surface area contributed by atoms with Crippen molar-refractivity contribution >= 4 is 34.3 Å². The molecular weight excluding hydrogens is 290 g/mol. The molecule has 1 atom stereocenters. The van der Waals surface area contributed by atoms with Crippen molar-refractivity contribution in [2.45, 2.75) is 37.0 Å². The Balaban J connectivity index is 1.74. The number of hydrogen-bond donors (Lipinski definition) is 1. The smallest absolute Gasteiger partial charge is 0.152 e. The van der Waals surface area contributed by atoms with E-state index in [1.807, 2.05) is 25.2 Å². The minimum absolute atomic E-state index is 0.254. The summed E-state index contributed by atoms with van der Waals surface area (Å²) < 4.78 is 5.96. The van der Waals surface area contributed by atoms with Gasteiger partial charge in [-0.25, -0.2) is 0 Å². The van der Waals surface area contributed by atoms with Gasteiger partial charge in [0.1, 0.15) is 5.76 Å². The molecule has 20 heavy (non-hydrogen) atoms. The van der Waals surface area contributed by atoms with Crippen LogP contribution in [0.1, 0.15) is 37.5 Å². The lowest BCUT2D eigenvalue weighted by molar-refractivity contribution is 0.479. The molecule has 1 fully saturated rings. The number of thioether (sulfide) groups is 1. The van der Waals surface area contributed by atoms with Crippen LogP contribution >= 0.6 is 23.4 Å². The molecule has 0 amide bonds. The number of benzene rings is 1. The van der Waals surface area contributed by atoms with Crippen LogP contribution in [-0.2, 0) is 0 Å². The van der Waals surface area contributed by atoms with Crippen LogP contribution in [0.25, 0.3) is 11.0 Å². The van der Waals surface area contributed by atoms with E-state index in [1.165, 1.54) is 25.7 Å². The third kappa shape index (κ3) is 3.00. The summed E-state index contributed by atoms with van der Waals surface area (Å²) in [5.74, 6) is 2.04.